The van der Waals surface area contributed by atoms with Gasteiger partial charge in [-0.2, -0.15) is 0 Å². The Morgan fingerprint density at radius 1 is 0.271 bits per heavy atom. The summed E-state index contributed by atoms with van der Waals surface area (Å²) < 4.78 is 12.7. The third-order valence-corrected chi connectivity index (χ3v) is 10.2. The maximum absolute atomic E-state index is 6.53. The summed E-state index contributed by atoms with van der Waals surface area (Å²) in [5.74, 6) is 0. The van der Waals surface area contributed by atoms with Crippen LogP contribution in [0.5, 0.6) is 0 Å². The van der Waals surface area contributed by atoms with Crippen molar-refractivity contribution in [1.29, 1.82) is 0 Å². The van der Waals surface area contributed by atoms with Gasteiger partial charge in [0.15, 0.2) is 0 Å². The average Bonchev–Trinajstić information content (AvgIpc) is 3.72. The van der Waals surface area contributed by atoms with Gasteiger partial charge in [0.05, 0.1) is 0 Å². The lowest BCUT2D eigenvalue weighted by atomic mass is 9.87. The molecule has 222 valence electrons. The SMILES string of the molecule is c1ccc(-c2cccc(-c3ccc4ccc5c(-c6ccc7c(c6)oc6ccc8oc9ccccc9c8c67)ccc6ccc3c4c65)c2)cc1. The summed E-state index contributed by atoms with van der Waals surface area (Å²) in [5, 5.41) is 12.1. The first-order valence-electron chi connectivity index (χ1n) is 16.4. The second-order valence-electron chi connectivity index (χ2n) is 12.8. The quantitative estimate of drug-likeness (QED) is 0.186. The Balaban J connectivity index is 1.11. The van der Waals surface area contributed by atoms with Crippen molar-refractivity contribution in [2.75, 3.05) is 0 Å². The first kappa shape index (κ1) is 25.8. The summed E-state index contributed by atoms with van der Waals surface area (Å²) in [6.45, 7) is 0. The van der Waals surface area contributed by atoms with E-state index in [2.05, 4.69) is 133 Å². The zero-order valence-corrected chi connectivity index (χ0v) is 25.8. The van der Waals surface area contributed by atoms with Gasteiger partial charge in [-0.15, -0.1) is 0 Å². The Kier molecular flexibility index (Phi) is 5.14. The van der Waals surface area contributed by atoms with Crippen LogP contribution < -0.4 is 0 Å². The van der Waals surface area contributed by atoms with Crippen LogP contribution in [-0.2, 0) is 0 Å². The van der Waals surface area contributed by atoms with E-state index in [4.69, 9.17) is 8.83 Å². The minimum absolute atomic E-state index is 0.875. The van der Waals surface area contributed by atoms with Crippen LogP contribution in [-0.4, -0.2) is 0 Å². The average molecular weight is 611 g/mol. The molecule has 0 saturated heterocycles. The summed E-state index contributed by atoms with van der Waals surface area (Å²) in [5.41, 5.74) is 10.8. The van der Waals surface area contributed by atoms with E-state index in [0.717, 1.165) is 49.4 Å². The molecular formula is C46H26O2. The minimum Gasteiger partial charge on any atom is -0.456 e. The summed E-state index contributed by atoms with van der Waals surface area (Å²) >= 11 is 0. The molecular weight excluding hydrogens is 585 g/mol. The topological polar surface area (TPSA) is 26.3 Å². The van der Waals surface area contributed by atoms with Gasteiger partial charge in [-0.05, 0) is 102 Å². The summed E-state index contributed by atoms with van der Waals surface area (Å²) in [7, 11) is 0. The monoisotopic (exact) mass is 610 g/mol. The Morgan fingerprint density at radius 3 is 1.54 bits per heavy atom. The fourth-order valence-electron chi connectivity index (χ4n) is 8.05. The summed E-state index contributed by atoms with van der Waals surface area (Å²) in [6, 6.07) is 56.7. The molecule has 0 bridgehead atoms. The first-order valence-corrected chi connectivity index (χ1v) is 16.4. The molecule has 0 radical (unpaired) electrons. The van der Waals surface area contributed by atoms with E-state index >= 15 is 0 Å². The third kappa shape index (κ3) is 3.57. The van der Waals surface area contributed by atoms with Gasteiger partial charge in [0, 0.05) is 21.5 Å². The third-order valence-electron chi connectivity index (χ3n) is 10.2. The van der Waals surface area contributed by atoms with E-state index in [1.807, 2.05) is 24.3 Å². The highest BCUT2D eigenvalue weighted by Gasteiger charge is 2.19. The standard InChI is InChI=1S/C46H26O2/c1-2-7-27(8-3-1)30-9-6-10-31(25-30)33-18-13-28-16-21-36-34(19-14-29-15-20-35(33)43(28)44(29)36)32-17-22-38-42(26-32)48-41-24-23-40-45(46(38)41)37-11-4-5-12-39(37)47-40/h1-26H. The smallest absolute Gasteiger partial charge is 0.136 e. The molecule has 0 N–H and O–H groups in total. The highest BCUT2D eigenvalue weighted by molar-refractivity contribution is 6.28. The number of rotatable bonds is 3. The first-order chi connectivity index (χ1) is 23.8. The van der Waals surface area contributed by atoms with Crippen LogP contribution >= 0.6 is 0 Å². The molecule has 0 saturated carbocycles. The van der Waals surface area contributed by atoms with E-state index in [9.17, 15) is 0 Å². The van der Waals surface area contributed by atoms with E-state index < -0.39 is 0 Å². The number of fused-ring (bicyclic) bond motifs is 7. The molecule has 0 atom stereocenters. The number of hydrogen-bond acceptors (Lipinski definition) is 2. The van der Waals surface area contributed by atoms with Gasteiger partial charge >= 0.3 is 0 Å². The lowest BCUT2D eigenvalue weighted by molar-refractivity contribution is 0.663. The van der Waals surface area contributed by atoms with Crippen LogP contribution in [0.4, 0.5) is 0 Å². The van der Waals surface area contributed by atoms with Gasteiger partial charge < -0.3 is 8.83 Å². The molecule has 2 heterocycles. The maximum atomic E-state index is 6.53. The summed E-state index contributed by atoms with van der Waals surface area (Å²) in [6.07, 6.45) is 0. The van der Waals surface area contributed by atoms with E-state index in [1.165, 1.54) is 60.1 Å². The molecule has 0 aliphatic carbocycles. The largest absolute Gasteiger partial charge is 0.456 e. The number of benzene rings is 9. The molecule has 0 aliphatic heterocycles. The van der Waals surface area contributed by atoms with Gasteiger partial charge in [0.2, 0.25) is 0 Å². The zero-order chi connectivity index (χ0) is 31.3. The fraction of sp³-hybridized carbons (Fsp3) is 0. The van der Waals surface area contributed by atoms with Crippen molar-refractivity contribution in [3.05, 3.63) is 158 Å². The number of furan rings is 2. The Morgan fingerprint density at radius 2 is 0.812 bits per heavy atom. The van der Waals surface area contributed by atoms with E-state index in [1.54, 1.807) is 0 Å². The molecule has 2 heteroatoms. The highest BCUT2D eigenvalue weighted by Crippen LogP contribution is 2.45. The summed E-state index contributed by atoms with van der Waals surface area (Å²) in [4.78, 5) is 0. The highest BCUT2D eigenvalue weighted by atomic mass is 16.3. The Hall–Kier alpha value is -6.38. The van der Waals surface area contributed by atoms with Gasteiger partial charge in [-0.3, -0.25) is 0 Å². The van der Waals surface area contributed by atoms with Crippen molar-refractivity contribution in [3.63, 3.8) is 0 Å². The van der Waals surface area contributed by atoms with Crippen LogP contribution in [0, 0.1) is 0 Å². The lowest BCUT2D eigenvalue weighted by Crippen LogP contribution is -1.90. The van der Waals surface area contributed by atoms with Gasteiger partial charge in [0.25, 0.3) is 0 Å². The molecule has 2 nitrogen and oxygen atoms in total. The van der Waals surface area contributed by atoms with Gasteiger partial charge in [0.1, 0.15) is 22.3 Å². The second kappa shape index (κ2) is 9.57. The Bertz CT molecular complexity index is 3050. The van der Waals surface area contributed by atoms with Crippen LogP contribution in [0.3, 0.4) is 0 Å². The zero-order valence-electron chi connectivity index (χ0n) is 25.8. The number of para-hydroxylation sites is 1. The fourth-order valence-corrected chi connectivity index (χ4v) is 8.05. The molecule has 0 aliphatic rings. The van der Waals surface area contributed by atoms with Gasteiger partial charge in [-0.25, -0.2) is 0 Å². The predicted molar refractivity (Wildman–Crippen MR) is 201 cm³/mol. The molecule has 11 rings (SSSR count). The molecule has 2 aromatic heterocycles. The van der Waals surface area contributed by atoms with Crippen molar-refractivity contribution in [1.82, 2.24) is 0 Å². The lowest BCUT2D eigenvalue weighted by Gasteiger charge is -2.17. The van der Waals surface area contributed by atoms with E-state index in [0.29, 0.717) is 0 Å². The molecule has 11 aromatic rings. The van der Waals surface area contributed by atoms with Crippen LogP contribution in [0.25, 0.3) is 110 Å². The molecule has 0 unspecified atom stereocenters. The molecule has 48 heavy (non-hydrogen) atoms. The van der Waals surface area contributed by atoms with Crippen molar-refractivity contribution < 1.29 is 8.83 Å². The maximum Gasteiger partial charge on any atom is 0.136 e. The molecule has 0 fully saturated rings. The predicted octanol–water partition coefficient (Wildman–Crippen LogP) is 13.4. The molecule has 0 amide bonds. The van der Waals surface area contributed by atoms with Crippen LogP contribution in [0.2, 0.25) is 0 Å². The van der Waals surface area contributed by atoms with E-state index in [-0.39, 0.29) is 0 Å². The van der Waals surface area contributed by atoms with Crippen molar-refractivity contribution in [3.8, 4) is 33.4 Å². The van der Waals surface area contributed by atoms with Crippen LogP contribution in [0.1, 0.15) is 0 Å². The van der Waals surface area contributed by atoms with Crippen molar-refractivity contribution in [2.24, 2.45) is 0 Å². The minimum atomic E-state index is 0.875. The van der Waals surface area contributed by atoms with Crippen LogP contribution in [0.15, 0.2) is 167 Å². The normalized spacial score (nSPS) is 12.2. The number of hydrogen-bond donors (Lipinski definition) is 0. The second-order valence-corrected chi connectivity index (χ2v) is 12.8. The van der Waals surface area contributed by atoms with Gasteiger partial charge in [-0.1, -0.05) is 121 Å². The molecule has 0 spiro atoms. The Labute approximate surface area is 275 Å². The van der Waals surface area contributed by atoms with Crippen molar-refractivity contribution >= 4 is 76.2 Å². The molecule has 9 aromatic carbocycles. The van der Waals surface area contributed by atoms with Crippen molar-refractivity contribution in [2.45, 2.75) is 0 Å².